The average Bonchev–Trinajstić information content (AvgIpc) is 3.17. The van der Waals surface area contributed by atoms with Gasteiger partial charge >= 0.3 is 5.97 Å². The number of para-hydroxylation sites is 1. The van der Waals surface area contributed by atoms with Gasteiger partial charge < -0.3 is 15.0 Å². The average molecular weight is 315 g/mol. The highest BCUT2D eigenvalue weighted by Crippen LogP contribution is 2.28. The molecule has 0 unspecified atom stereocenters. The van der Waals surface area contributed by atoms with Crippen molar-refractivity contribution in [2.75, 3.05) is 19.5 Å². The summed E-state index contributed by atoms with van der Waals surface area (Å²) in [7, 11) is 2.95. The van der Waals surface area contributed by atoms with Crippen LogP contribution in [-0.4, -0.2) is 35.9 Å². The number of benzene rings is 1. The fourth-order valence-electron chi connectivity index (χ4n) is 2.20. The predicted octanol–water partition coefficient (Wildman–Crippen LogP) is 2.68. The second-order valence-corrected chi connectivity index (χ2v) is 5.51. The molecule has 0 aliphatic carbocycles. The van der Waals surface area contributed by atoms with Gasteiger partial charge in [-0.1, -0.05) is 29.5 Å². The molecule has 0 bridgehead atoms. The van der Waals surface area contributed by atoms with Gasteiger partial charge in [0.25, 0.3) is 0 Å². The highest BCUT2D eigenvalue weighted by atomic mass is 32.1. The topological polar surface area (TPSA) is 84.1 Å². The van der Waals surface area contributed by atoms with E-state index < -0.39 is 5.97 Å². The molecule has 3 rings (SSSR count). The molecule has 0 aliphatic rings. The smallest absolute Gasteiger partial charge is 0.359 e. The Labute approximate surface area is 130 Å². The van der Waals surface area contributed by atoms with Crippen LogP contribution >= 0.6 is 11.3 Å². The first-order chi connectivity index (χ1) is 10.7. The molecule has 0 fully saturated rings. The van der Waals surface area contributed by atoms with Gasteiger partial charge in [-0.3, -0.25) is 4.79 Å². The quantitative estimate of drug-likeness (QED) is 0.571. The number of methoxy groups -OCH3 is 1. The van der Waals surface area contributed by atoms with Crippen LogP contribution in [-0.2, 0) is 4.74 Å². The van der Waals surface area contributed by atoms with E-state index >= 15 is 0 Å². The Bertz CT molecular complexity index is 866. The van der Waals surface area contributed by atoms with Gasteiger partial charge in [0.2, 0.25) is 5.78 Å². The molecular formula is C15H13N3O3S. The summed E-state index contributed by atoms with van der Waals surface area (Å²) in [5.74, 6) is -0.798. The number of nitrogens with one attached hydrogen (secondary N) is 2. The lowest BCUT2D eigenvalue weighted by Crippen LogP contribution is -2.06. The number of H-pyrrole nitrogens is 1. The van der Waals surface area contributed by atoms with Crippen molar-refractivity contribution in [3.63, 3.8) is 0 Å². The molecule has 2 aromatic heterocycles. The number of aromatic nitrogens is 2. The van der Waals surface area contributed by atoms with E-state index in [4.69, 9.17) is 0 Å². The van der Waals surface area contributed by atoms with Crippen molar-refractivity contribution < 1.29 is 14.3 Å². The van der Waals surface area contributed by atoms with E-state index in [0.717, 1.165) is 22.2 Å². The molecule has 0 saturated heterocycles. The second-order valence-electron chi connectivity index (χ2n) is 4.52. The molecule has 6 nitrogen and oxygen atoms in total. The van der Waals surface area contributed by atoms with Crippen LogP contribution < -0.4 is 5.32 Å². The van der Waals surface area contributed by atoms with Crippen LogP contribution in [0.3, 0.4) is 0 Å². The summed E-state index contributed by atoms with van der Waals surface area (Å²) in [6, 6.07) is 7.53. The van der Waals surface area contributed by atoms with E-state index in [1.165, 1.54) is 7.11 Å². The number of carbonyl (C=O) groups is 2. The lowest BCUT2D eigenvalue weighted by atomic mass is 10.1. The van der Waals surface area contributed by atoms with Crippen molar-refractivity contribution in [2.24, 2.45) is 0 Å². The summed E-state index contributed by atoms with van der Waals surface area (Å²) in [4.78, 5) is 31.5. The Kier molecular flexibility index (Phi) is 3.64. The first kappa shape index (κ1) is 14.3. The number of anilines is 1. The molecule has 1 aromatic carbocycles. The Hall–Kier alpha value is -2.67. The Morgan fingerprint density at radius 2 is 2.09 bits per heavy atom. The number of nitrogens with zero attached hydrogens (tertiary/aromatic N) is 1. The van der Waals surface area contributed by atoms with Crippen molar-refractivity contribution in [1.29, 1.82) is 0 Å². The van der Waals surface area contributed by atoms with Crippen molar-refractivity contribution in [1.82, 2.24) is 9.97 Å². The molecule has 0 spiro atoms. The maximum Gasteiger partial charge on any atom is 0.359 e. The zero-order valence-electron chi connectivity index (χ0n) is 12.0. The molecule has 0 atom stereocenters. The van der Waals surface area contributed by atoms with Crippen molar-refractivity contribution in [2.45, 2.75) is 0 Å². The Morgan fingerprint density at radius 3 is 2.82 bits per heavy atom. The summed E-state index contributed by atoms with van der Waals surface area (Å²) in [6.07, 6.45) is 1.66. The standard InChI is InChI=1S/C15H13N3O3S/c1-16-13-11(15(20)21-2)18-14(22-13)12(19)9-7-17-10-6-4-3-5-8(9)10/h3-7,16-17H,1-2H3. The molecule has 2 heterocycles. The summed E-state index contributed by atoms with van der Waals surface area (Å²) in [6.45, 7) is 0. The lowest BCUT2D eigenvalue weighted by molar-refractivity contribution is 0.0596. The number of thiazole rings is 1. The zero-order valence-corrected chi connectivity index (χ0v) is 12.8. The number of carbonyl (C=O) groups excluding carboxylic acids is 2. The normalized spacial score (nSPS) is 10.6. The van der Waals surface area contributed by atoms with E-state index in [1.54, 1.807) is 13.2 Å². The molecule has 112 valence electrons. The molecule has 0 aliphatic heterocycles. The summed E-state index contributed by atoms with van der Waals surface area (Å²) >= 11 is 1.13. The maximum absolute atomic E-state index is 12.7. The first-order valence-electron chi connectivity index (χ1n) is 6.53. The van der Waals surface area contributed by atoms with Crippen LogP contribution in [0.1, 0.15) is 25.9 Å². The third-order valence-corrected chi connectivity index (χ3v) is 4.33. The third kappa shape index (κ3) is 2.25. The second kappa shape index (κ2) is 5.61. The molecule has 2 N–H and O–H groups in total. The van der Waals surface area contributed by atoms with Gasteiger partial charge in [-0.05, 0) is 6.07 Å². The fraction of sp³-hybridized carbons (Fsp3) is 0.133. The van der Waals surface area contributed by atoms with E-state index in [0.29, 0.717) is 10.6 Å². The SMILES string of the molecule is CNc1sc(C(=O)c2c[nH]c3ccccc23)nc1C(=O)OC. The number of ketones is 1. The zero-order chi connectivity index (χ0) is 15.7. The van der Waals surface area contributed by atoms with E-state index in [-0.39, 0.29) is 16.5 Å². The highest BCUT2D eigenvalue weighted by Gasteiger charge is 2.23. The van der Waals surface area contributed by atoms with Crippen LogP contribution in [0.5, 0.6) is 0 Å². The van der Waals surface area contributed by atoms with Gasteiger partial charge in [0.1, 0.15) is 5.00 Å². The van der Waals surface area contributed by atoms with Gasteiger partial charge in [-0.25, -0.2) is 9.78 Å². The molecule has 7 heteroatoms. The van der Waals surface area contributed by atoms with Crippen molar-refractivity contribution in [3.8, 4) is 0 Å². The highest BCUT2D eigenvalue weighted by molar-refractivity contribution is 7.18. The Morgan fingerprint density at radius 1 is 1.32 bits per heavy atom. The van der Waals surface area contributed by atoms with Gasteiger partial charge in [-0.15, -0.1) is 0 Å². The van der Waals surface area contributed by atoms with Gasteiger partial charge in [-0.2, -0.15) is 0 Å². The molecule has 0 amide bonds. The summed E-state index contributed by atoms with van der Waals surface area (Å²) < 4.78 is 4.68. The van der Waals surface area contributed by atoms with E-state index in [2.05, 4.69) is 20.0 Å². The minimum absolute atomic E-state index is 0.123. The predicted molar refractivity (Wildman–Crippen MR) is 84.7 cm³/mol. The summed E-state index contributed by atoms with van der Waals surface area (Å²) in [5, 5.41) is 4.45. The van der Waals surface area contributed by atoms with Crippen LogP contribution in [0, 0.1) is 0 Å². The largest absolute Gasteiger partial charge is 0.464 e. The minimum atomic E-state index is -0.571. The molecule has 0 radical (unpaired) electrons. The van der Waals surface area contributed by atoms with Gasteiger partial charge in [0.15, 0.2) is 10.7 Å². The Balaban J connectivity index is 2.06. The van der Waals surface area contributed by atoms with E-state index in [9.17, 15) is 9.59 Å². The number of hydrogen-bond donors (Lipinski definition) is 2. The van der Waals surface area contributed by atoms with Gasteiger partial charge in [0.05, 0.1) is 12.7 Å². The number of fused-ring (bicyclic) bond motifs is 1. The number of hydrogen-bond acceptors (Lipinski definition) is 6. The van der Waals surface area contributed by atoms with Gasteiger partial charge in [0, 0.05) is 24.1 Å². The minimum Gasteiger partial charge on any atom is -0.464 e. The fourth-order valence-corrected chi connectivity index (χ4v) is 3.06. The summed E-state index contributed by atoms with van der Waals surface area (Å²) in [5.41, 5.74) is 1.53. The van der Waals surface area contributed by atoms with Crippen LogP contribution in [0.15, 0.2) is 30.5 Å². The van der Waals surface area contributed by atoms with Crippen LogP contribution in [0.2, 0.25) is 0 Å². The molecular weight excluding hydrogens is 302 g/mol. The number of aromatic amines is 1. The molecule has 0 saturated carbocycles. The van der Waals surface area contributed by atoms with E-state index in [1.807, 2.05) is 24.3 Å². The third-order valence-electron chi connectivity index (χ3n) is 3.26. The lowest BCUT2D eigenvalue weighted by Gasteiger charge is -1.97. The number of esters is 1. The number of rotatable bonds is 4. The van der Waals surface area contributed by atoms with Crippen LogP contribution in [0.25, 0.3) is 10.9 Å². The molecule has 22 heavy (non-hydrogen) atoms. The maximum atomic E-state index is 12.7. The first-order valence-corrected chi connectivity index (χ1v) is 7.35. The van der Waals surface area contributed by atoms with Crippen LogP contribution in [0.4, 0.5) is 5.00 Å². The van der Waals surface area contributed by atoms with Crippen molar-refractivity contribution >= 4 is 39.0 Å². The monoisotopic (exact) mass is 315 g/mol. The van der Waals surface area contributed by atoms with Crippen molar-refractivity contribution in [3.05, 3.63) is 46.7 Å². The number of ether oxygens (including phenoxy) is 1. The molecule has 3 aromatic rings.